The van der Waals surface area contributed by atoms with E-state index >= 15 is 0 Å². The molecule has 21 heavy (non-hydrogen) atoms. The fraction of sp³-hybridized carbons (Fsp3) is 0.467. The van der Waals surface area contributed by atoms with Gasteiger partial charge in [0.25, 0.3) is 0 Å². The molecule has 0 spiro atoms. The van der Waals surface area contributed by atoms with Gasteiger partial charge >= 0.3 is 0 Å². The van der Waals surface area contributed by atoms with Crippen molar-refractivity contribution in [3.05, 3.63) is 35.1 Å². The normalized spacial score (nSPS) is 16.4. The van der Waals surface area contributed by atoms with Gasteiger partial charge in [0.1, 0.15) is 5.82 Å². The summed E-state index contributed by atoms with van der Waals surface area (Å²) in [5, 5.41) is 12.7. The topological polar surface area (TPSA) is 46.0 Å². The Balaban J connectivity index is 1.89. The summed E-state index contributed by atoms with van der Waals surface area (Å²) in [5.41, 5.74) is 1.05. The van der Waals surface area contributed by atoms with Crippen molar-refractivity contribution < 1.29 is 0 Å². The summed E-state index contributed by atoms with van der Waals surface area (Å²) in [6.07, 6.45) is 2.26. The van der Waals surface area contributed by atoms with Crippen molar-refractivity contribution in [2.75, 3.05) is 25.0 Å². The molecule has 0 unspecified atom stereocenters. The lowest BCUT2D eigenvalue weighted by Gasteiger charge is -2.32. The van der Waals surface area contributed by atoms with E-state index in [0.717, 1.165) is 48.4 Å². The van der Waals surface area contributed by atoms with Gasteiger partial charge in [-0.05, 0) is 51.1 Å². The average Bonchev–Trinajstić information content (AvgIpc) is 2.90. The molecule has 112 valence electrons. The van der Waals surface area contributed by atoms with E-state index in [4.69, 9.17) is 11.6 Å². The first-order valence-electron chi connectivity index (χ1n) is 7.29. The first-order chi connectivity index (χ1) is 10.2. The lowest BCUT2D eigenvalue weighted by molar-refractivity contribution is 0.438. The first kappa shape index (κ1) is 14.4. The van der Waals surface area contributed by atoms with Gasteiger partial charge in [-0.1, -0.05) is 11.6 Å². The molecule has 2 aromatic rings. The van der Waals surface area contributed by atoms with E-state index in [1.165, 1.54) is 0 Å². The summed E-state index contributed by atoms with van der Waals surface area (Å²) < 4.78 is 2.09. The highest BCUT2D eigenvalue weighted by Gasteiger charge is 2.23. The molecule has 6 heteroatoms. The monoisotopic (exact) mass is 305 g/mol. The lowest BCUT2D eigenvalue weighted by Crippen LogP contribution is -2.42. The largest absolute Gasteiger partial charge is 0.340 e. The number of anilines is 1. The Hall–Kier alpha value is -1.59. The molecule has 2 heterocycles. The van der Waals surface area contributed by atoms with E-state index in [2.05, 4.69) is 25.0 Å². The Labute approximate surface area is 129 Å². The third-order valence-electron chi connectivity index (χ3n) is 4.08. The number of nitrogens with zero attached hydrogens (tertiary/aromatic N) is 4. The number of benzene rings is 1. The van der Waals surface area contributed by atoms with Crippen molar-refractivity contribution >= 4 is 17.5 Å². The van der Waals surface area contributed by atoms with Gasteiger partial charge in [-0.15, -0.1) is 10.2 Å². The van der Waals surface area contributed by atoms with Crippen LogP contribution in [0.15, 0.2) is 24.3 Å². The second-order valence-electron chi connectivity index (χ2n) is 5.41. The third-order valence-corrected chi connectivity index (χ3v) is 4.33. The molecule has 1 saturated heterocycles. The number of rotatable bonds is 3. The van der Waals surface area contributed by atoms with Gasteiger partial charge in [-0.2, -0.15) is 0 Å². The van der Waals surface area contributed by atoms with Crippen LogP contribution < -0.4 is 10.2 Å². The number of hydrogen-bond acceptors (Lipinski definition) is 4. The standard InChI is InChI=1S/C15H20ClN5/c1-11-18-19-15(20-9-7-13(17-2)8-10-20)21(11)14-5-3-12(16)4-6-14/h3-6,13,17H,7-10H2,1-2H3. The van der Waals surface area contributed by atoms with Crippen molar-refractivity contribution in [1.29, 1.82) is 0 Å². The summed E-state index contributed by atoms with van der Waals surface area (Å²) in [7, 11) is 2.03. The van der Waals surface area contributed by atoms with Crippen LogP contribution in [0.4, 0.5) is 5.95 Å². The van der Waals surface area contributed by atoms with Crippen LogP contribution in [-0.4, -0.2) is 40.9 Å². The highest BCUT2D eigenvalue weighted by Crippen LogP contribution is 2.24. The summed E-state index contributed by atoms with van der Waals surface area (Å²) in [6, 6.07) is 8.40. The zero-order valence-electron chi connectivity index (χ0n) is 12.4. The predicted octanol–water partition coefficient (Wildman–Crippen LogP) is 2.42. The summed E-state index contributed by atoms with van der Waals surface area (Å²) in [4.78, 5) is 2.31. The molecule has 0 atom stereocenters. The maximum Gasteiger partial charge on any atom is 0.231 e. The minimum atomic E-state index is 0.606. The predicted molar refractivity (Wildman–Crippen MR) is 85.4 cm³/mol. The summed E-state index contributed by atoms with van der Waals surface area (Å²) in [5.74, 6) is 1.81. The van der Waals surface area contributed by atoms with Gasteiger partial charge in [-0.3, -0.25) is 4.57 Å². The van der Waals surface area contributed by atoms with Crippen molar-refractivity contribution in [3.63, 3.8) is 0 Å². The number of piperidine rings is 1. The minimum Gasteiger partial charge on any atom is -0.340 e. The fourth-order valence-electron chi connectivity index (χ4n) is 2.82. The molecule has 1 aliphatic rings. The van der Waals surface area contributed by atoms with Crippen molar-refractivity contribution in [1.82, 2.24) is 20.1 Å². The Bertz CT molecular complexity index is 599. The van der Waals surface area contributed by atoms with Crippen molar-refractivity contribution in [2.45, 2.75) is 25.8 Å². The number of hydrogen-bond donors (Lipinski definition) is 1. The zero-order valence-corrected chi connectivity index (χ0v) is 13.1. The van der Waals surface area contributed by atoms with Crippen LogP contribution in [0.3, 0.4) is 0 Å². The van der Waals surface area contributed by atoms with Gasteiger partial charge in [0, 0.05) is 24.2 Å². The smallest absolute Gasteiger partial charge is 0.231 e. The van der Waals surface area contributed by atoms with Crippen LogP contribution in [0.2, 0.25) is 5.02 Å². The molecule has 0 bridgehead atoms. The molecule has 0 amide bonds. The Morgan fingerprint density at radius 2 is 1.81 bits per heavy atom. The van der Waals surface area contributed by atoms with E-state index in [1.54, 1.807) is 0 Å². The van der Waals surface area contributed by atoms with Crippen LogP contribution >= 0.6 is 11.6 Å². The van der Waals surface area contributed by atoms with Gasteiger partial charge in [-0.25, -0.2) is 0 Å². The molecule has 1 aliphatic heterocycles. The summed E-state index contributed by atoms with van der Waals surface area (Å²) in [6.45, 7) is 3.97. The Kier molecular flexibility index (Phi) is 4.12. The van der Waals surface area contributed by atoms with Crippen LogP contribution in [-0.2, 0) is 0 Å². The molecule has 0 saturated carbocycles. The van der Waals surface area contributed by atoms with Gasteiger partial charge in [0.05, 0.1) is 5.69 Å². The average molecular weight is 306 g/mol. The molecule has 1 aromatic carbocycles. The lowest BCUT2D eigenvalue weighted by atomic mass is 10.1. The molecular weight excluding hydrogens is 286 g/mol. The maximum atomic E-state index is 5.98. The van der Waals surface area contributed by atoms with Crippen molar-refractivity contribution in [2.24, 2.45) is 0 Å². The molecular formula is C15H20ClN5. The highest BCUT2D eigenvalue weighted by atomic mass is 35.5. The number of nitrogens with one attached hydrogen (secondary N) is 1. The Morgan fingerprint density at radius 1 is 1.14 bits per heavy atom. The molecule has 0 aliphatic carbocycles. The second kappa shape index (κ2) is 6.03. The van der Waals surface area contributed by atoms with Gasteiger partial charge < -0.3 is 10.2 Å². The SMILES string of the molecule is CNC1CCN(c2nnc(C)n2-c2ccc(Cl)cc2)CC1. The number of aryl methyl sites for hydroxylation is 1. The van der Waals surface area contributed by atoms with E-state index in [9.17, 15) is 0 Å². The first-order valence-corrected chi connectivity index (χ1v) is 7.67. The van der Waals surface area contributed by atoms with Crippen LogP contribution in [0.25, 0.3) is 5.69 Å². The molecule has 1 fully saturated rings. The summed E-state index contributed by atoms with van der Waals surface area (Å²) >= 11 is 5.98. The maximum absolute atomic E-state index is 5.98. The molecule has 1 aromatic heterocycles. The van der Waals surface area contributed by atoms with Crippen LogP contribution in [0.5, 0.6) is 0 Å². The van der Waals surface area contributed by atoms with Crippen LogP contribution in [0, 0.1) is 6.92 Å². The number of aromatic nitrogens is 3. The van der Waals surface area contributed by atoms with E-state index in [1.807, 2.05) is 38.2 Å². The van der Waals surface area contributed by atoms with E-state index < -0.39 is 0 Å². The molecule has 5 nitrogen and oxygen atoms in total. The van der Waals surface area contributed by atoms with Crippen molar-refractivity contribution in [3.8, 4) is 5.69 Å². The van der Waals surface area contributed by atoms with Gasteiger partial charge in [0.15, 0.2) is 0 Å². The molecule has 3 rings (SSSR count). The highest BCUT2D eigenvalue weighted by molar-refractivity contribution is 6.30. The quantitative estimate of drug-likeness (QED) is 0.946. The van der Waals surface area contributed by atoms with Gasteiger partial charge in [0.2, 0.25) is 5.95 Å². The zero-order chi connectivity index (χ0) is 14.8. The minimum absolute atomic E-state index is 0.606. The second-order valence-corrected chi connectivity index (χ2v) is 5.85. The third kappa shape index (κ3) is 2.89. The van der Waals surface area contributed by atoms with E-state index in [-0.39, 0.29) is 0 Å². The van der Waals surface area contributed by atoms with E-state index in [0.29, 0.717) is 6.04 Å². The molecule has 1 N–H and O–H groups in total. The fourth-order valence-corrected chi connectivity index (χ4v) is 2.94. The number of halogens is 1. The van der Waals surface area contributed by atoms with Crippen LogP contribution in [0.1, 0.15) is 18.7 Å². The Morgan fingerprint density at radius 3 is 2.43 bits per heavy atom. The molecule has 0 radical (unpaired) electrons.